The van der Waals surface area contributed by atoms with Crippen LogP contribution < -0.4 is 4.90 Å². The van der Waals surface area contributed by atoms with Crippen LogP contribution in [0.3, 0.4) is 0 Å². The summed E-state index contributed by atoms with van der Waals surface area (Å²) in [6.07, 6.45) is 0. The zero-order chi connectivity index (χ0) is 40.0. The lowest BCUT2D eigenvalue weighted by Crippen LogP contribution is -2.16. The molecule has 60 heavy (non-hydrogen) atoms. The fourth-order valence-electron chi connectivity index (χ4n) is 10.2. The first-order chi connectivity index (χ1) is 29.5. The molecule has 0 spiro atoms. The number of rotatable bonds is 5. The standard InChI is InChI=1S/C59H41N/c1-59(2)56-36-43(27-30-50(56)51-31-29-47(37-57(51)59)60(45-18-4-3-5-19-45)46-28-26-39-15-7-9-17-41(39)33-46)55-35-44-34-54(42-25-24-38-14-6-8-16-40(38)32-42)48-20-10-12-22-52(48)58(44)53-23-13-11-21-49(53)55/h3-37H,1-2H3. The van der Waals surface area contributed by atoms with E-state index < -0.39 is 0 Å². The molecule has 11 aromatic carbocycles. The summed E-state index contributed by atoms with van der Waals surface area (Å²) in [4.78, 5) is 2.40. The number of anilines is 3. The van der Waals surface area contributed by atoms with Crippen LogP contribution in [0, 0.1) is 0 Å². The summed E-state index contributed by atoms with van der Waals surface area (Å²) >= 11 is 0. The molecule has 1 nitrogen and oxygen atoms in total. The molecule has 0 amide bonds. The quantitative estimate of drug-likeness (QED) is 0.158. The molecular formula is C59H41N. The first-order valence-corrected chi connectivity index (χ1v) is 21.0. The van der Waals surface area contributed by atoms with Crippen LogP contribution in [0.5, 0.6) is 0 Å². The molecule has 0 saturated heterocycles. The first-order valence-electron chi connectivity index (χ1n) is 21.0. The van der Waals surface area contributed by atoms with Crippen LogP contribution in [0.15, 0.2) is 212 Å². The van der Waals surface area contributed by atoms with E-state index in [1.54, 1.807) is 0 Å². The highest BCUT2D eigenvalue weighted by molar-refractivity contribution is 6.26. The molecule has 282 valence electrons. The summed E-state index contributed by atoms with van der Waals surface area (Å²) in [7, 11) is 0. The van der Waals surface area contributed by atoms with Gasteiger partial charge in [0.25, 0.3) is 0 Å². The van der Waals surface area contributed by atoms with Crippen LogP contribution in [0.4, 0.5) is 17.1 Å². The van der Waals surface area contributed by atoms with Gasteiger partial charge in [-0.25, -0.2) is 0 Å². The van der Waals surface area contributed by atoms with Gasteiger partial charge in [0.05, 0.1) is 0 Å². The minimum atomic E-state index is -0.214. The van der Waals surface area contributed by atoms with Crippen molar-refractivity contribution in [2.24, 2.45) is 0 Å². The fraction of sp³-hybridized carbons (Fsp3) is 0.0508. The minimum absolute atomic E-state index is 0.214. The van der Waals surface area contributed by atoms with Crippen LogP contribution in [-0.4, -0.2) is 0 Å². The van der Waals surface area contributed by atoms with Crippen molar-refractivity contribution in [3.05, 3.63) is 223 Å². The van der Waals surface area contributed by atoms with E-state index in [0.29, 0.717) is 0 Å². The molecule has 0 bridgehead atoms. The third-order valence-electron chi connectivity index (χ3n) is 13.2. The van der Waals surface area contributed by atoms with Gasteiger partial charge in [-0.1, -0.05) is 166 Å². The minimum Gasteiger partial charge on any atom is -0.310 e. The normalized spacial score (nSPS) is 13.0. The summed E-state index contributed by atoms with van der Waals surface area (Å²) < 4.78 is 0. The Hall–Kier alpha value is -7.48. The molecule has 0 fully saturated rings. The Kier molecular flexibility index (Phi) is 7.65. The van der Waals surface area contributed by atoms with Gasteiger partial charge >= 0.3 is 0 Å². The van der Waals surface area contributed by atoms with Gasteiger partial charge in [-0.05, 0) is 159 Å². The second-order valence-electron chi connectivity index (χ2n) is 16.9. The highest BCUT2D eigenvalue weighted by atomic mass is 15.1. The van der Waals surface area contributed by atoms with Crippen LogP contribution >= 0.6 is 0 Å². The molecular weight excluding hydrogens is 723 g/mol. The van der Waals surface area contributed by atoms with Crippen molar-refractivity contribution in [2.75, 3.05) is 4.90 Å². The number of fused-ring (bicyclic) bond motifs is 10. The highest BCUT2D eigenvalue weighted by Gasteiger charge is 2.36. The van der Waals surface area contributed by atoms with Gasteiger partial charge in [-0.3, -0.25) is 0 Å². The molecule has 1 heteroatoms. The Morgan fingerprint density at radius 2 is 0.767 bits per heavy atom. The van der Waals surface area contributed by atoms with Gasteiger partial charge in [0.1, 0.15) is 0 Å². The van der Waals surface area contributed by atoms with E-state index in [1.165, 1.54) is 98.4 Å². The number of hydrogen-bond donors (Lipinski definition) is 0. The van der Waals surface area contributed by atoms with Gasteiger partial charge < -0.3 is 4.90 Å². The van der Waals surface area contributed by atoms with Crippen molar-refractivity contribution < 1.29 is 0 Å². The van der Waals surface area contributed by atoms with Crippen molar-refractivity contribution in [3.8, 4) is 33.4 Å². The predicted molar refractivity (Wildman–Crippen MR) is 257 cm³/mol. The molecule has 0 N–H and O–H groups in total. The number of benzene rings is 11. The summed E-state index contributed by atoms with van der Waals surface area (Å²) in [6, 6.07) is 78.8. The van der Waals surface area contributed by atoms with Gasteiger partial charge in [0.15, 0.2) is 0 Å². The van der Waals surface area contributed by atoms with Crippen LogP contribution in [-0.2, 0) is 5.41 Å². The maximum atomic E-state index is 2.48. The Bertz CT molecular complexity index is 3520. The van der Waals surface area contributed by atoms with Gasteiger partial charge in [0, 0.05) is 22.5 Å². The fourth-order valence-corrected chi connectivity index (χ4v) is 10.2. The molecule has 0 unspecified atom stereocenters. The average Bonchev–Trinajstić information content (AvgIpc) is 3.53. The summed E-state index contributed by atoms with van der Waals surface area (Å²) in [6.45, 7) is 4.79. The van der Waals surface area contributed by atoms with Gasteiger partial charge in [0.2, 0.25) is 0 Å². The lowest BCUT2D eigenvalue weighted by atomic mass is 9.81. The van der Waals surface area contributed by atoms with E-state index in [-0.39, 0.29) is 5.41 Å². The van der Waals surface area contributed by atoms with Crippen molar-refractivity contribution >= 4 is 70.9 Å². The smallest absolute Gasteiger partial charge is 0.0468 e. The second-order valence-corrected chi connectivity index (χ2v) is 16.9. The topological polar surface area (TPSA) is 3.24 Å². The number of hydrogen-bond acceptors (Lipinski definition) is 1. The van der Waals surface area contributed by atoms with Crippen LogP contribution in [0.1, 0.15) is 25.0 Å². The van der Waals surface area contributed by atoms with E-state index in [1.807, 2.05) is 0 Å². The van der Waals surface area contributed by atoms with Gasteiger partial charge in [-0.15, -0.1) is 0 Å². The predicted octanol–water partition coefficient (Wildman–Crippen LogP) is 16.6. The van der Waals surface area contributed by atoms with E-state index in [0.717, 1.165) is 17.1 Å². The lowest BCUT2D eigenvalue weighted by Gasteiger charge is -2.28. The highest BCUT2D eigenvalue weighted by Crippen LogP contribution is 2.52. The van der Waals surface area contributed by atoms with E-state index in [9.17, 15) is 0 Å². The van der Waals surface area contributed by atoms with E-state index in [2.05, 4.69) is 231 Å². The number of nitrogens with zero attached hydrogens (tertiary/aromatic N) is 1. The van der Waals surface area contributed by atoms with Crippen LogP contribution in [0.25, 0.3) is 87.2 Å². The Morgan fingerprint density at radius 3 is 1.43 bits per heavy atom. The molecule has 0 aliphatic heterocycles. The summed E-state index contributed by atoms with van der Waals surface area (Å²) in [5.74, 6) is 0. The maximum absolute atomic E-state index is 2.48. The van der Waals surface area contributed by atoms with Crippen molar-refractivity contribution in [2.45, 2.75) is 19.3 Å². The summed E-state index contributed by atoms with van der Waals surface area (Å²) in [5, 5.41) is 12.7. The average molecular weight is 764 g/mol. The second kappa shape index (κ2) is 13.3. The molecule has 11 aromatic rings. The van der Waals surface area contributed by atoms with Crippen molar-refractivity contribution in [3.63, 3.8) is 0 Å². The molecule has 0 atom stereocenters. The third kappa shape index (κ3) is 5.33. The molecule has 0 heterocycles. The molecule has 12 rings (SSSR count). The molecule has 1 aliphatic carbocycles. The molecule has 0 radical (unpaired) electrons. The third-order valence-corrected chi connectivity index (χ3v) is 13.2. The first kappa shape index (κ1) is 34.6. The SMILES string of the molecule is CC1(C)c2cc(-c3cc4cc(-c5ccc6ccccc6c5)c5ccccc5c4c4ccccc34)ccc2-c2ccc(N(c3ccccc3)c3ccc4ccccc4c3)cc21. The summed E-state index contributed by atoms with van der Waals surface area (Å²) in [5.41, 5.74) is 13.6. The monoisotopic (exact) mass is 763 g/mol. The molecule has 0 saturated carbocycles. The van der Waals surface area contributed by atoms with Gasteiger partial charge in [-0.2, -0.15) is 0 Å². The molecule has 0 aromatic heterocycles. The van der Waals surface area contributed by atoms with Crippen molar-refractivity contribution in [1.82, 2.24) is 0 Å². The van der Waals surface area contributed by atoms with E-state index in [4.69, 9.17) is 0 Å². The van der Waals surface area contributed by atoms with Crippen LogP contribution in [0.2, 0.25) is 0 Å². The Labute approximate surface area is 350 Å². The Balaban J connectivity index is 1.01. The Morgan fingerprint density at radius 1 is 0.300 bits per heavy atom. The maximum Gasteiger partial charge on any atom is 0.0468 e. The zero-order valence-corrected chi connectivity index (χ0v) is 33.7. The molecule has 1 aliphatic rings. The van der Waals surface area contributed by atoms with E-state index >= 15 is 0 Å². The lowest BCUT2D eigenvalue weighted by molar-refractivity contribution is 0.660. The zero-order valence-electron chi connectivity index (χ0n) is 33.7. The number of para-hydroxylation sites is 1. The largest absolute Gasteiger partial charge is 0.310 e. The van der Waals surface area contributed by atoms with Crippen molar-refractivity contribution in [1.29, 1.82) is 0 Å².